The molecule has 0 radical (unpaired) electrons. The van der Waals surface area contributed by atoms with Gasteiger partial charge in [-0.2, -0.15) is 0 Å². The Labute approximate surface area is 265 Å². The van der Waals surface area contributed by atoms with E-state index < -0.39 is 29.4 Å². The maximum Gasteiger partial charge on any atom is 0.308 e. The van der Waals surface area contributed by atoms with Crippen LogP contribution in [-0.4, -0.2) is 49.7 Å². The van der Waals surface area contributed by atoms with Gasteiger partial charge in [0.2, 0.25) is 5.91 Å². The van der Waals surface area contributed by atoms with Crippen LogP contribution in [0.15, 0.2) is 97.1 Å². The molecule has 0 unspecified atom stereocenters. The minimum absolute atomic E-state index is 0.277. The molecule has 0 saturated carbocycles. The number of ketones is 2. The highest BCUT2D eigenvalue weighted by Gasteiger charge is 2.70. The van der Waals surface area contributed by atoms with Gasteiger partial charge in [0.15, 0.2) is 23.1 Å². The second-order valence-corrected chi connectivity index (χ2v) is 11.5. The van der Waals surface area contributed by atoms with Gasteiger partial charge in [0.05, 0.1) is 26.2 Å². The minimum atomic E-state index is -1.46. The van der Waals surface area contributed by atoms with E-state index in [-0.39, 0.29) is 28.8 Å². The number of fused-ring (bicyclic) bond motifs is 6. The highest BCUT2D eigenvalue weighted by atomic mass is 16.5. The fourth-order valence-corrected chi connectivity index (χ4v) is 7.31. The number of hydrogen-bond acceptors (Lipinski definition) is 8. The van der Waals surface area contributed by atoms with Gasteiger partial charge in [-0.3, -0.25) is 19.2 Å². The molecule has 4 aromatic rings. The van der Waals surface area contributed by atoms with Crippen LogP contribution in [0.4, 0.5) is 11.4 Å². The number of carbonyl (C=O) groups excluding carboxylic acids is 4. The standard InChI is InChI=1S/C37H30N2O7/c1-21(40)46-25-16-12-23(13-17-25)35(42)33-32(34(41)24-14-18-29(44-2)30(20-24)45-3)37(26-9-5-6-10-27(26)38-36(37)43)31-19-15-22-8-4-7-11-28(22)39(31)33/h4-20,31-33H,1-3H3,(H,38,43)/t31-,32-,33+,37-/m0/s1. The van der Waals surface area contributed by atoms with Gasteiger partial charge in [0, 0.05) is 29.4 Å². The summed E-state index contributed by atoms with van der Waals surface area (Å²) < 4.78 is 16.1. The lowest BCUT2D eigenvalue weighted by Gasteiger charge is -2.37. The van der Waals surface area contributed by atoms with Crippen LogP contribution in [0, 0.1) is 5.92 Å². The first-order valence-electron chi connectivity index (χ1n) is 14.8. The number of para-hydroxylation sites is 2. The Morgan fingerprint density at radius 2 is 1.50 bits per heavy atom. The Kier molecular flexibility index (Phi) is 6.96. The number of anilines is 2. The van der Waals surface area contributed by atoms with E-state index in [0.717, 1.165) is 11.3 Å². The number of carbonyl (C=O) groups is 4. The molecular formula is C37H30N2O7. The molecule has 7 rings (SSSR count). The third-order valence-electron chi connectivity index (χ3n) is 9.16. The third-order valence-corrected chi connectivity index (χ3v) is 9.16. The van der Waals surface area contributed by atoms with Gasteiger partial charge in [-0.15, -0.1) is 0 Å². The van der Waals surface area contributed by atoms with E-state index in [1.54, 1.807) is 42.5 Å². The zero-order chi connectivity index (χ0) is 32.2. The topological polar surface area (TPSA) is 111 Å². The molecule has 1 fully saturated rings. The molecule has 46 heavy (non-hydrogen) atoms. The monoisotopic (exact) mass is 614 g/mol. The molecule has 9 heteroatoms. The average molecular weight is 615 g/mol. The van der Waals surface area contributed by atoms with Crippen molar-refractivity contribution in [3.05, 3.63) is 119 Å². The quantitative estimate of drug-likeness (QED) is 0.165. The number of hydrogen-bond donors (Lipinski definition) is 1. The van der Waals surface area contributed by atoms with Crippen LogP contribution in [0.25, 0.3) is 6.08 Å². The molecular weight excluding hydrogens is 584 g/mol. The lowest BCUT2D eigenvalue weighted by molar-refractivity contribution is -0.131. The molecule has 4 aromatic carbocycles. The zero-order valence-corrected chi connectivity index (χ0v) is 25.4. The number of rotatable bonds is 7. The molecule has 3 aliphatic rings. The van der Waals surface area contributed by atoms with E-state index >= 15 is 4.79 Å². The number of ether oxygens (including phenoxy) is 3. The molecule has 230 valence electrons. The second kappa shape index (κ2) is 11.0. The predicted molar refractivity (Wildman–Crippen MR) is 172 cm³/mol. The normalized spacial score (nSPS) is 22.0. The van der Waals surface area contributed by atoms with Crippen LogP contribution >= 0.6 is 0 Å². The lowest BCUT2D eigenvalue weighted by Crippen LogP contribution is -2.51. The lowest BCUT2D eigenvalue weighted by atomic mass is 9.64. The summed E-state index contributed by atoms with van der Waals surface area (Å²) in [5, 5.41) is 3.03. The highest BCUT2D eigenvalue weighted by molar-refractivity contribution is 6.18. The van der Waals surface area contributed by atoms with Crippen LogP contribution < -0.4 is 24.4 Å². The van der Waals surface area contributed by atoms with E-state index in [1.807, 2.05) is 65.6 Å². The van der Waals surface area contributed by atoms with Gasteiger partial charge in [0.25, 0.3) is 0 Å². The smallest absolute Gasteiger partial charge is 0.308 e. The number of amides is 1. The first-order valence-corrected chi connectivity index (χ1v) is 14.8. The third kappa shape index (κ3) is 4.23. The van der Waals surface area contributed by atoms with Gasteiger partial charge in [0.1, 0.15) is 17.2 Å². The van der Waals surface area contributed by atoms with E-state index in [9.17, 15) is 14.4 Å². The minimum Gasteiger partial charge on any atom is -0.493 e. The van der Waals surface area contributed by atoms with Gasteiger partial charge in [-0.05, 0) is 65.7 Å². The molecule has 3 heterocycles. The van der Waals surface area contributed by atoms with Crippen LogP contribution in [0.3, 0.4) is 0 Å². The number of benzene rings is 4. The van der Waals surface area contributed by atoms with Crippen molar-refractivity contribution < 1.29 is 33.4 Å². The molecule has 0 bridgehead atoms. The molecule has 9 nitrogen and oxygen atoms in total. The Morgan fingerprint density at radius 1 is 0.804 bits per heavy atom. The average Bonchev–Trinajstić information content (AvgIpc) is 3.55. The maximum absolute atomic E-state index is 15.1. The Morgan fingerprint density at radius 3 is 2.24 bits per heavy atom. The molecule has 1 saturated heterocycles. The molecule has 3 aliphatic heterocycles. The summed E-state index contributed by atoms with van der Waals surface area (Å²) in [6.45, 7) is 1.30. The fourth-order valence-electron chi connectivity index (χ4n) is 7.31. The van der Waals surface area contributed by atoms with Gasteiger partial charge >= 0.3 is 5.97 Å². The molecule has 4 atom stereocenters. The van der Waals surface area contributed by atoms with Crippen molar-refractivity contribution in [2.45, 2.75) is 24.4 Å². The van der Waals surface area contributed by atoms with E-state index in [2.05, 4.69) is 5.32 Å². The molecule has 1 amide bonds. The van der Waals surface area contributed by atoms with E-state index in [1.165, 1.54) is 21.1 Å². The van der Waals surface area contributed by atoms with Crippen LogP contribution in [0.2, 0.25) is 0 Å². The SMILES string of the molecule is COc1ccc(C(=O)[C@@H]2[C@H](C(=O)c3ccc(OC(C)=O)cc3)N3c4ccccc4C=C[C@H]3[C@]23C(=O)Nc2ccccc23)cc1OC. The number of Topliss-reactive ketones (excluding diaryl/α,β-unsaturated/α-hetero) is 2. The molecule has 0 aliphatic carbocycles. The Balaban J connectivity index is 1.48. The van der Waals surface area contributed by atoms with Crippen molar-refractivity contribution in [3.8, 4) is 17.2 Å². The number of esters is 1. The van der Waals surface area contributed by atoms with Crippen molar-refractivity contribution in [2.24, 2.45) is 5.92 Å². The largest absolute Gasteiger partial charge is 0.493 e. The van der Waals surface area contributed by atoms with Crippen molar-refractivity contribution in [2.75, 3.05) is 24.4 Å². The number of nitrogens with one attached hydrogen (secondary N) is 1. The summed E-state index contributed by atoms with van der Waals surface area (Å²) in [6, 6.07) is 24.3. The second-order valence-electron chi connectivity index (χ2n) is 11.5. The first-order chi connectivity index (χ1) is 22.3. The van der Waals surface area contributed by atoms with Gasteiger partial charge in [-0.1, -0.05) is 48.6 Å². The summed E-state index contributed by atoms with van der Waals surface area (Å²) in [4.78, 5) is 57.9. The van der Waals surface area contributed by atoms with Crippen LogP contribution in [0.1, 0.15) is 38.8 Å². The Bertz CT molecular complexity index is 1950. The summed E-state index contributed by atoms with van der Waals surface area (Å²) in [5.74, 6) is -1.65. The number of nitrogens with zero attached hydrogens (tertiary/aromatic N) is 1. The van der Waals surface area contributed by atoms with Crippen molar-refractivity contribution in [3.63, 3.8) is 0 Å². The van der Waals surface area contributed by atoms with Crippen molar-refractivity contribution in [1.82, 2.24) is 0 Å². The zero-order valence-electron chi connectivity index (χ0n) is 25.4. The summed E-state index contributed by atoms with van der Waals surface area (Å²) in [6.07, 6.45) is 3.88. The van der Waals surface area contributed by atoms with Crippen molar-refractivity contribution in [1.29, 1.82) is 0 Å². The molecule has 0 aromatic heterocycles. The number of methoxy groups -OCH3 is 2. The molecule has 1 N–H and O–H groups in total. The fraction of sp³-hybridized carbons (Fsp3) is 0.189. The molecule has 1 spiro atoms. The predicted octanol–water partition coefficient (Wildman–Crippen LogP) is 5.49. The van der Waals surface area contributed by atoms with Gasteiger partial charge < -0.3 is 24.4 Å². The van der Waals surface area contributed by atoms with Gasteiger partial charge in [-0.25, -0.2) is 0 Å². The van der Waals surface area contributed by atoms with E-state index in [0.29, 0.717) is 28.3 Å². The van der Waals surface area contributed by atoms with Crippen molar-refractivity contribution >= 4 is 40.9 Å². The Hall–Kier alpha value is -5.70. The van der Waals surface area contributed by atoms with E-state index in [4.69, 9.17) is 14.2 Å². The maximum atomic E-state index is 15.1. The summed E-state index contributed by atoms with van der Waals surface area (Å²) >= 11 is 0. The highest BCUT2D eigenvalue weighted by Crippen LogP contribution is 2.58. The van der Waals surface area contributed by atoms with Crippen LogP contribution in [-0.2, 0) is 15.0 Å². The first kappa shape index (κ1) is 29.0. The van der Waals surface area contributed by atoms with Crippen LogP contribution in [0.5, 0.6) is 17.2 Å². The summed E-state index contributed by atoms with van der Waals surface area (Å²) in [5.41, 5.74) is 1.98. The summed E-state index contributed by atoms with van der Waals surface area (Å²) in [7, 11) is 2.99.